The molecule has 0 saturated heterocycles. The van der Waals surface area contributed by atoms with Gasteiger partial charge in [-0.25, -0.2) is 4.79 Å². The van der Waals surface area contributed by atoms with Gasteiger partial charge < -0.3 is 15.4 Å². The Balaban J connectivity index is 1.61. The summed E-state index contributed by atoms with van der Waals surface area (Å²) in [6.07, 6.45) is 3.33. The number of aromatic nitrogens is 2. The maximum atomic E-state index is 12.1. The minimum atomic E-state index is -0.356. The molecule has 0 aliphatic heterocycles. The van der Waals surface area contributed by atoms with Gasteiger partial charge in [0.25, 0.3) is 0 Å². The summed E-state index contributed by atoms with van der Waals surface area (Å²) in [5.41, 5.74) is 2.19. The molecule has 3 aromatic rings. The van der Waals surface area contributed by atoms with E-state index in [1.807, 2.05) is 30.3 Å². The van der Waals surface area contributed by atoms with Crippen LogP contribution >= 0.6 is 11.6 Å². The van der Waals surface area contributed by atoms with Gasteiger partial charge in [-0.1, -0.05) is 35.9 Å². The molecule has 25 heavy (non-hydrogen) atoms. The fraction of sp³-hybridized carbons (Fsp3) is 0.111. The van der Waals surface area contributed by atoms with Crippen molar-refractivity contribution in [3.63, 3.8) is 0 Å². The molecule has 0 fully saturated rings. The van der Waals surface area contributed by atoms with Crippen LogP contribution in [0.25, 0.3) is 0 Å². The van der Waals surface area contributed by atoms with Crippen LogP contribution in [0.15, 0.2) is 60.9 Å². The Labute approximate surface area is 150 Å². The number of anilines is 2. The number of halogens is 1. The summed E-state index contributed by atoms with van der Waals surface area (Å²) in [4.78, 5) is 12.1. The van der Waals surface area contributed by atoms with Gasteiger partial charge in [0.2, 0.25) is 0 Å². The lowest BCUT2D eigenvalue weighted by atomic mass is 10.2. The number of ether oxygens (including phenoxy) is 1. The molecule has 7 heteroatoms. The molecule has 0 radical (unpaired) electrons. The average molecular weight is 357 g/mol. The third kappa shape index (κ3) is 4.51. The molecule has 1 aromatic heterocycles. The normalized spacial score (nSPS) is 10.3. The van der Waals surface area contributed by atoms with Crippen LogP contribution in [-0.2, 0) is 6.54 Å². The number of hydrogen-bond acceptors (Lipinski definition) is 3. The SMILES string of the molecule is COc1cccc(NC(=O)Nc2cnn(Cc3ccccc3Cl)c2)c1. The van der Waals surface area contributed by atoms with E-state index in [4.69, 9.17) is 16.3 Å². The van der Waals surface area contributed by atoms with Crippen molar-refractivity contribution in [2.24, 2.45) is 0 Å². The monoisotopic (exact) mass is 356 g/mol. The lowest BCUT2D eigenvalue weighted by Gasteiger charge is -2.07. The second kappa shape index (κ2) is 7.72. The van der Waals surface area contributed by atoms with Crippen LogP contribution in [0.3, 0.4) is 0 Å². The summed E-state index contributed by atoms with van der Waals surface area (Å²) in [5, 5.41) is 10.4. The van der Waals surface area contributed by atoms with Crippen molar-refractivity contribution in [3.05, 3.63) is 71.5 Å². The molecule has 0 aliphatic carbocycles. The van der Waals surface area contributed by atoms with Gasteiger partial charge in [0.1, 0.15) is 5.75 Å². The molecule has 2 N–H and O–H groups in total. The van der Waals surface area contributed by atoms with Crippen LogP contribution in [0.5, 0.6) is 5.75 Å². The van der Waals surface area contributed by atoms with Crippen LogP contribution in [-0.4, -0.2) is 22.9 Å². The number of rotatable bonds is 5. The average Bonchev–Trinajstić information content (AvgIpc) is 3.04. The Bertz CT molecular complexity index is 879. The number of nitrogens with one attached hydrogen (secondary N) is 2. The zero-order valence-corrected chi connectivity index (χ0v) is 14.3. The number of benzene rings is 2. The fourth-order valence-electron chi connectivity index (χ4n) is 2.31. The number of urea groups is 1. The molecule has 1 heterocycles. The van der Waals surface area contributed by atoms with Gasteiger partial charge in [-0.15, -0.1) is 0 Å². The van der Waals surface area contributed by atoms with Crippen LogP contribution in [0.1, 0.15) is 5.56 Å². The third-order valence-corrected chi connectivity index (χ3v) is 3.88. The summed E-state index contributed by atoms with van der Waals surface area (Å²) in [6.45, 7) is 0.527. The summed E-state index contributed by atoms with van der Waals surface area (Å²) < 4.78 is 6.84. The van der Waals surface area contributed by atoms with Crippen molar-refractivity contribution < 1.29 is 9.53 Å². The zero-order valence-electron chi connectivity index (χ0n) is 13.6. The molecule has 0 atom stereocenters. The first-order chi connectivity index (χ1) is 12.1. The van der Waals surface area contributed by atoms with Crippen LogP contribution in [0.2, 0.25) is 5.02 Å². The van der Waals surface area contributed by atoms with E-state index in [1.165, 1.54) is 0 Å². The number of carbonyl (C=O) groups is 1. The number of methoxy groups -OCH3 is 1. The third-order valence-electron chi connectivity index (χ3n) is 3.51. The van der Waals surface area contributed by atoms with Crippen molar-refractivity contribution in [1.82, 2.24) is 9.78 Å². The van der Waals surface area contributed by atoms with Crippen molar-refractivity contribution >= 4 is 29.0 Å². The van der Waals surface area contributed by atoms with Crippen LogP contribution in [0, 0.1) is 0 Å². The molecule has 3 rings (SSSR count). The minimum absolute atomic E-state index is 0.356. The standard InChI is InChI=1S/C18H17ClN4O2/c1-25-16-7-4-6-14(9-16)21-18(24)22-15-10-20-23(12-15)11-13-5-2-3-8-17(13)19/h2-10,12H,11H2,1H3,(H2,21,22,24). The summed E-state index contributed by atoms with van der Waals surface area (Å²) in [7, 11) is 1.58. The van der Waals surface area contributed by atoms with Crippen LogP contribution in [0.4, 0.5) is 16.2 Å². The van der Waals surface area contributed by atoms with E-state index in [2.05, 4.69) is 15.7 Å². The van der Waals surface area contributed by atoms with E-state index in [-0.39, 0.29) is 6.03 Å². The van der Waals surface area contributed by atoms with Gasteiger partial charge in [-0.3, -0.25) is 4.68 Å². The molecular weight excluding hydrogens is 340 g/mol. The number of amides is 2. The molecule has 0 saturated carbocycles. The first-order valence-electron chi connectivity index (χ1n) is 7.62. The Kier molecular flexibility index (Phi) is 5.20. The highest BCUT2D eigenvalue weighted by Crippen LogP contribution is 2.18. The van der Waals surface area contributed by atoms with E-state index < -0.39 is 0 Å². The molecule has 2 aromatic carbocycles. The number of carbonyl (C=O) groups excluding carboxylic acids is 1. The molecule has 0 spiro atoms. The van der Waals surface area contributed by atoms with E-state index in [0.717, 1.165) is 5.56 Å². The van der Waals surface area contributed by atoms with E-state index in [0.29, 0.717) is 28.7 Å². The molecule has 0 aliphatic rings. The Hall–Kier alpha value is -2.99. The fourth-order valence-corrected chi connectivity index (χ4v) is 2.51. The Morgan fingerprint density at radius 1 is 1.16 bits per heavy atom. The highest BCUT2D eigenvalue weighted by atomic mass is 35.5. The van der Waals surface area contributed by atoms with Crippen molar-refractivity contribution in [2.45, 2.75) is 6.54 Å². The van der Waals surface area contributed by atoms with Crippen molar-refractivity contribution in [2.75, 3.05) is 17.7 Å². The number of hydrogen-bond donors (Lipinski definition) is 2. The Morgan fingerprint density at radius 2 is 1.96 bits per heavy atom. The van der Waals surface area contributed by atoms with Gasteiger partial charge in [0, 0.05) is 23.0 Å². The molecule has 6 nitrogen and oxygen atoms in total. The highest BCUT2D eigenvalue weighted by Gasteiger charge is 2.07. The zero-order chi connectivity index (χ0) is 17.6. The smallest absolute Gasteiger partial charge is 0.323 e. The number of nitrogens with zero attached hydrogens (tertiary/aromatic N) is 2. The highest BCUT2D eigenvalue weighted by molar-refractivity contribution is 6.31. The Morgan fingerprint density at radius 3 is 2.76 bits per heavy atom. The second-order valence-electron chi connectivity index (χ2n) is 5.33. The van der Waals surface area contributed by atoms with Gasteiger partial charge in [0.05, 0.1) is 25.5 Å². The van der Waals surface area contributed by atoms with E-state index in [9.17, 15) is 4.79 Å². The van der Waals surface area contributed by atoms with Gasteiger partial charge >= 0.3 is 6.03 Å². The molecular formula is C18H17ClN4O2. The summed E-state index contributed by atoms with van der Waals surface area (Å²) in [5.74, 6) is 0.672. The summed E-state index contributed by atoms with van der Waals surface area (Å²) >= 11 is 6.15. The first kappa shape index (κ1) is 16.9. The van der Waals surface area contributed by atoms with Gasteiger partial charge in [-0.2, -0.15) is 5.10 Å². The molecule has 128 valence electrons. The maximum absolute atomic E-state index is 12.1. The topological polar surface area (TPSA) is 68.2 Å². The van der Waals surface area contributed by atoms with Gasteiger partial charge in [-0.05, 0) is 23.8 Å². The van der Waals surface area contributed by atoms with Gasteiger partial charge in [0.15, 0.2) is 0 Å². The van der Waals surface area contributed by atoms with Crippen molar-refractivity contribution in [3.8, 4) is 5.75 Å². The lowest BCUT2D eigenvalue weighted by Crippen LogP contribution is -2.19. The predicted octanol–water partition coefficient (Wildman–Crippen LogP) is 4.24. The minimum Gasteiger partial charge on any atom is -0.497 e. The molecule has 2 amide bonds. The largest absolute Gasteiger partial charge is 0.497 e. The maximum Gasteiger partial charge on any atom is 0.323 e. The quantitative estimate of drug-likeness (QED) is 0.718. The second-order valence-corrected chi connectivity index (χ2v) is 5.74. The molecule has 0 unspecified atom stereocenters. The molecule has 0 bridgehead atoms. The van der Waals surface area contributed by atoms with Crippen molar-refractivity contribution in [1.29, 1.82) is 0 Å². The first-order valence-corrected chi connectivity index (χ1v) is 8.00. The van der Waals surface area contributed by atoms with Crippen LogP contribution < -0.4 is 15.4 Å². The van der Waals surface area contributed by atoms with E-state index >= 15 is 0 Å². The summed E-state index contributed by atoms with van der Waals surface area (Å²) in [6, 6.07) is 14.3. The van der Waals surface area contributed by atoms with E-state index in [1.54, 1.807) is 42.4 Å². The lowest BCUT2D eigenvalue weighted by molar-refractivity contribution is 0.262. The predicted molar refractivity (Wildman–Crippen MR) is 98.4 cm³/mol.